The van der Waals surface area contributed by atoms with Gasteiger partial charge >= 0.3 is 0 Å². The third kappa shape index (κ3) is 2.02. The van der Waals surface area contributed by atoms with E-state index in [1.807, 2.05) is 7.11 Å². The van der Waals surface area contributed by atoms with Gasteiger partial charge in [-0.25, -0.2) is 0 Å². The zero-order chi connectivity index (χ0) is 21.0. The second-order valence-corrected chi connectivity index (χ2v) is 11.3. The van der Waals surface area contributed by atoms with Crippen LogP contribution < -0.4 is 4.74 Å². The lowest BCUT2D eigenvalue weighted by Gasteiger charge is -2.74. The molecule has 2 unspecified atom stereocenters. The fourth-order valence-corrected chi connectivity index (χ4v) is 9.05. The fourth-order valence-electron chi connectivity index (χ4n) is 9.05. The Kier molecular flexibility index (Phi) is 3.62. The number of piperidine rings is 1. The van der Waals surface area contributed by atoms with Crippen LogP contribution in [0.4, 0.5) is 0 Å². The summed E-state index contributed by atoms with van der Waals surface area (Å²) in [5, 5.41) is 4.07. The van der Waals surface area contributed by atoms with E-state index >= 15 is 0 Å². The molecule has 4 saturated carbocycles. The zero-order valence-electron chi connectivity index (χ0n) is 18.6. The lowest BCUT2D eigenvalue weighted by Crippen LogP contribution is -2.81. The summed E-state index contributed by atoms with van der Waals surface area (Å²) in [6.07, 6.45) is 8.46. The number of rotatable bonds is 5. The maximum atomic E-state index is 9.11. The quantitative estimate of drug-likeness (QED) is 0.399. The molecule has 1 saturated heterocycles. The van der Waals surface area contributed by atoms with Crippen molar-refractivity contribution in [2.45, 2.75) is 75.0 Å². The molecule has 0 radical (unpaired) electrons. The Balaban J connectivity index is 1.46. The normalized spacial score (nSPS) is 43.9. The molecule has 7 aliphatic rings. The van der Waals surface area contributed by atoms with E-state index in [1.54, 1.807) is 0 Å². The highest BCUT2D eigenvalue weighted by atomic mass is 16.6. The van der Waals surface area contributed by atoms with Gasteiger partial charge in [-0.1, -0.05) is 17.2 Å². The molecular formula is C25H32N4O2. The molecule has 164 valence electrons. The summed E-state index contributed by atoms with van der Waals surface area (Å²) in [4.78, 5) is 5.99. The summed E-state index contributed by atoms with van der Waals surface area (Å²) in [6, 6.07) is 5.22. The molecule has 0 aromatic heterocycles. The Morgan fingerprint density at radius 1 is 1.29 bits per heavy atom. The van der Waals surface area contributed by atoms with Crippen LogP contribution in [0.5, 0.6) is 5.75 Å². The smallest absolute Gasteiger partial charge is 0.138 e. The maximum Gasteiger partial charge on any atom is 0.138 e. The maximum absolute atomic E-state index is 9.11. The summed E-state index contributed by atoms with van der Waals surface area (Å²) in [6.45, 7) is 5.15. The van der Waals surface area contributed by atoms with Gasteiger partial charge in [-0.2, -0.15) is 0 Å². The predicted octanol–water partition coefficient (Wildman–Crippen LogP) is 4.53. The van der Waals surface area contributed by atoms with E-state index in [-0.39, 0.29) is 28.5 Å². The molecule has 1 aromatic rings. The zero-order valence-corrected chi connectivity index (χ0v) is 18.6. The molecule has 4 bridgehead atoms. The van der Waals surface area contributed by atoms with Gasteiger partial charge in [0.05, 0.1) is 0 Å². The average molecular weight is 421 g/mol. The predicted molar refractivity (Wildman–Crippen MR) is 117 cm³/mol. The molecule has 6 nitrogen and oxygen atoms in total. The molecule has 5 fully saturated rings. The van der Waals surface area contributed by atoms with E-state index in [1.165, 1.54) is 55.5 Å². The largest absolute Gasteiger partial charge is 0.486 e. The number of azide groups is 1. The molecule has 0 amide bonds. The highest BCUT2D eigenvalue weighted by Gasteiger charge is 2.80. The number of hydrogen-bond donors (Lipinski definition) is 0. The minimum absolute atomic E-state index is 0.0344. The minimum atomic E-state index is -0.362. The van der Waals surface area contributed by atoms with Crippen LogP contribution in [0.1, 0.15) is 55.2 Å². The van der Waals surface area contributed by atoms with Crippen molar-refractivity contribution in [2.75, 3.05) is 26.7 Å². The van der Waals surface area contributed by atoms with Crippen LogP contribution in [0.15, 0.2) is 17.2 Å². The fraction of sp³-hybridized carbons (Fsp3) is 0.760. The molecule has 0 N–H and O–H groups in total. The van der Waals surface area contributed by atoms with Crippen molar-refractivity contribution in [1.82, 2.24) is 4.90 Å². The second-order valence-electron chi connectivity index (χ2n) is 11.3. The first-order valence-electron chi connectivity index (χ1n) is 12.2. The van der Waals surface area contributed by atoms with E-state index < -0.39 is 0 Å². The topological polar surface area (TPSA) is 70.5 Å². The molecule has 2 heterocycles. The van der Waals surface area contributed by atoms with Crippen molar-refractivity contribution in [1.29, 1.82) is 0 Å². The molecule has 6 atom stereocenters. The summed E-state index contributed by atoms with van der Waals surface area (Å²) in [5.41, 5.74) is 13.3. The standard InChI is InChI=1S/C25H32N4O2/c1-15-3-6-17-11-19-23-7-8-25(30-2,18(12-23)13-27-28-26)22-24(23,20(17)21(15)31-22)9-10-29(19)14-16-4-5-16/h3,6,16,18-19,22H,4-5,7-14H2,1-2H3/t18-,19-,22?,23-,24+,25?/m1/s1. The highest BCUT2D eigenvalue weighted by Crippen LogP contribution is 2.76. The van der Waals surface area contributed by atoms with Crippen LogP contribution in [0, 0.1) is 24.2 Å². The number of nitrogens with zero attached hydrogens (tertiary/aromatic N) is 4. The van der Waals surface area contributed by atoms with Crippen molar-refractivity contribution >= 4 is 0 Å². The first kappa shape index (κ1) is 18.8. The number of fused-ring (bicyclic) bond motifs is 2. The van der Waals surface area contributed by atoms with Crippen molar-refractivity contribution in [3.63, 3.8) is 0 Å². The average Bonchev–Trinajstić information content (AvgIpc) is 3.52. The number of ether oxygens (including phenoxy) is 2. The lowest BCUT2D eigenvalue weighted by atomic mass is 9.35. The van der Waals surface area contributed by atoms with Gasteiger partial charge in [0.1, 0.15) is 17.5 Å². The van der Waals surface area contributed by atoms with Gasteiger partial charge in [0.2, 0.25) is 0 Å². The number of likely N-dealkylation sites (tertiary alicyclic amines) is 1. The summed E-state index contributed by atoms with van der Waals surface area (Å²) < 4.78 is 13.4. The highest BCUT2D eigenvalue weighted by molar-refractivity contribution is 5.61. The van der Waals surface area contributed by atoms with E-state index in [0.717, 1.165) is 30.9 Å². The van der Waals surface area contributed by atoms with Crippen LogP contribution >= 0.6 is 0 Å². The van der Waals surface area contributed by atoms with Crippen LogP contribution in [0.2, 0.25) is 0 Å². The van der Waals surface area contributed by atoms with E-state index in [0.29, 0.717) is 12.6 Å². The molecule has 1 aromatic carbocycles. The van der Waals surface area contributed by atoms with Gasteiger partial charge in [0.15, 0.2) is 0 Å². The number of hydrogen-bond acceptors (Lipinski definition) is 4. The Bertz CT molecular complexity index is 1020. The van der Waals surface area contributed by atoms with Gasteiger partial charge in [-0.05, 0) is 86.9 Å². The number of methoxy groups -OCH3 is 1. The SMILES string of the molecule is COC12CC[C@@]3(C[C@@H]1CN=[N+]=[N-])[C@H]1Cc4ccc(C)c5c4[C@@]3(CCN1CC1CC1)C2O5. The summed E-state index contributed by atoms with van der Waals surface area (Å²) in [7, 11) is 1.86. The molecule has 8 rings (SSSR count). The number of benzene rings is 1. The Morgan fingerprint density at radius 2 is 2.16 bits per heavy atom. The first-order valence-corrected chi connectivity index (χ1v) is 12.2. The molecule has 2 aliphatic heterocycles. The Morgan fingerprint density at radius 3 is 2.94 bits per heavy atom. The van der Waals surface area contributed by atoms with Gasteiger partial charge in [-0.15, -0.1) is 0 Å². The molecule has 6 heteroatoms. The Hall–Kier alpha value is -1.75. The second kappa shape index (κ2) is 5.98. The van der Waals surface area contributed by atoms with Crippen LogP contribution in [0.3, 0.4) is 0 Å². The lowest BCUT2D eigenvalue weighted by molar-refractivity contribution is -0.275. The van der Waals surface area contributed by atoms with Gasteiger partial charge in [-0.3, -0.25) is 4.90 Å². The molecule has 5 aliphatic carbocycles. The third-order valence-electron chi connectivity index (χ3n) is 10.4. The van der Waals surface area contributed by atoms with Crippen LogP contribution in [-0.2, 0) is 16.6 Å². The monoisotopic (exact) mass is 420 g/mol. The summed E-state index contributed by atoms with van der Waals surface area (Å²) in [5.74, 6) is 2.27. The van der Waals surface area contributed by atoms with Gasteiger partial charge in [0.25, 0.3) is 0 Å². The number of aryl methyl sites for hydroxylation is 1. The molecule has 2 spiro atoms. The molecular weight excluding hydrogens is 388 g/mol. The van der Waals surface area contributed by atoms with Gasteiger partial charge < -0.3 is 9.47 Å². The molecule has 31 heavy (non-hydrogen) atoms. The van der Waals surface area contributed by atoms with Crippen molar-refractivity contribution in [3.05, 3.63) is 39.3 Å². The van der Waals surface area contributed by atoms with Crippen molar-refractivity contribution in [2.24, 2.45) is 22.4 Å². The minimum Gasteiger partial charge on any atom is -0.486 e. The van der Waals surface area contributed by atoms with E-state index in [2.05, 4.69) is 34.0 Å². The first-order chi connectivity index (χ1) is 15.1. The van der Waals surface area contributed by atoms with Crippen LogP contribution in [-0.4, -0.2) is 49.4 Å². The van der Waals surface area contributed by atoms with Crippen molar-refractivity contribution < 1.29 is 9.47 Å². The van der Waals surface area contributed by atoms with E-state index in [4.69, 9.17) is 15.0 Å². The Labute approximate surface area is 183 Å². The van der Waals surface area contributed by atoms with Gasteiger partial charge in [0, 0.05) is 47.5 Å². The van der Waals surface area contributed by atoms with Crippen molar-refractivity contribution in [3.8, 4) is 5.75 Å². The van der Waals surface area contributed by atoms with Crippen LogP contribution in [0.25, 0.3) is 10.4 Å². The summed E-state index contributed by atoms with van der Waals surface area (Å²) >= 11 is 0. The third-order valence-corrected chi connectivity index (χ3v) is 10.4. The van der Waals surface area contributed by atoms with E-state index in [9.17, 15) is 0 Å².